The van der Waals surface area contributed by atoms with Crippen molar-refractivity contribution >= 4 is 11.4 Å². The van der Waals surface area contributed by atoms with Crippen LogP contribution in [0.3, 0.4) is 0 Å². The standard InChI is InChI=1S/C21H23N/c1-4-6-11-19(10-5-2)22(20-12-8-7-9-13-20)21-16-14-18(3)15-17-21/h4-17H,1-3H3/b6-4-,10-5-,19-11+. The topological polar surface area (TPSA) is 3.24 Å². The summed E-state index contributed by atoms with van der Waals surface area (Å²) < 4.78 is 0. The van der Waals surface area contributed by atoms with E-state index >= 15 is 0 Å². The first kappa shape index (κ1) is 15.8. The van der Waals surface area contributed by atoms with E-state index in [0.29, 0.717) is 0 Å². The molecule has 0 spiro atoms. The Labute approximate surface area is 133 Å². The van der Waals surface area contributed by atoms with Gasteiger partial charge < -0.3 is 4.90 Å². The van der Waals surface area contributed by atoms with E-state index in [1.165, 1.54) is 5.56 Å². The molecule has 0 aliphatic carbocycles. The number of para-hydroxylation sites is 1. The van der Waals surface area contributed by atoms with Crippen molar-refractivity contribution in [3.8, 4) is 0 Å². The van der Waals surface area contributed by atoms with Gasteiger partial charge in [0.05, 0.1) is 0 Å². The highest BCUT2D eigenvalue weighted by Crippen LogP contribution is 2.30. The first-order chi connectivity index (χ1) is 10.8. The summed E-state index contributed by atoms with van der Waals surface area (Å²) in [5.41, 5.74) is 4.71. The van der Waals surface area contributed by atoms with Gasteiger partial charge in [0, 0.05) is 17.1 Å². The van der Waals surface area contributed by atoms with E-state index in [-0.39, 0.29) is 0 Å². The van der Waals surface area contributed by atoms with Gasteiger partial charge in [-0.1, -0.05) is 54.1 Å². The first-order valence-corrected chi connectivity index (χ1v) is 7.63. The molecule has 0 saturated heterocycles. The van der Waals surface area contributed by atoms with Crippen molar-refractivity contribution < 1.29 is 0 Å². The number of hydrogen-bond acceptors (Lipinski definition) is 1. The number of benzene rings is 2. The third kappa shape index (κ3) is 3.98. The molecule has 0 fully saturated rings. The van der Waals surface area contributed by atoms with Gasteiger partial charge >= 0.3 is 0 Å². The van der Waals surface area contributed by atoms with Crippen LogP contribution in [0.1, 0.15) is 19.4 Å². The Balaban J connectivity index is 2.56. The zero-order valence-electron chi connectivity index (χ0n) is 13.5. The number of nitrogens with zero attached hydrogens (tertiary/aromatic N) is 1. The molecule has 0 heterocycles. The van der Waals surface area contributed by atoms with Crippen LogP contribution in [0.25, 0.3) is 0 Å². The monoisotopic (exact) mass is 289 g/mol. The molecule has 0 aliphatic rings. The molecule has 0 N–H and O–H groups in total. The lowest BCUT2D eigenvalue weighted by atomic mass is 10.1. The molecule has 112 valence electrons. The fraction of sp³-hybridized carbons (Fsp3) is 0.143. The number of allylic oxidation sites excluding steroid dienone is 5. The van der Waals surface area contributed by atoms with Crippen molar-refractivity contribution in [3.05, 3.63) is 96.2 Å². The third-order valence-electron chi connectivity index (χ3n) is 3.36. The second-order valence-electron chi connectivity index (χ2n) is 5.12. The van der Waals surface area contributed by atoms with Gasteiger partial charge in [-0.2, -0.15) is 0 Å². The highest BCUT2D eigenvalue weighted by Gasteiger charge is 2.11. The molecule has 0 unspecified atom stereocenters. The SMILES string of the molecule is C\C=C/C=C(\C=C/C)N(c1ccccc1)c1ccc(C)cc1. The summed E-state index contributed by atoms with van der Waals surface area (Å²) in [5, 5.41) is 0. The van der Waals surface area contributed by atoms with Crippen LogP contribution in [0.15, 0.2) is 90.7 Å². The molecule has 0 atom stereocenters. The minimum absolute atomic E-state index is 1.13. The summed E-state index contributed by atoms with van der Waals surface area (Å²) in [4.78, 5) is 2.26. The zero-order valence-corrected chi connectivity index (χ0v) is 13.5. The normalized spacial score (nSPS) is 12.2. The molecule has 0 amide bonds. The largest absolute Gasteiger partial charge is 0.311 e. The molecule has 0 aliphatic heterocycles. The van der Waals surface area contributed by atoms with Gasteiger partial charge in [-0.3, -0.25) is 0 Å². The molecule has 0 saturated carbocycles. The quantitative estimate of drug-likeness (QED) is 0.595. The van der Waals surface area contributed by atoms with E-state index in [0.717, 1.165) is 17.1 Å². The number of hydrogen-bond donors (Lipinski definition) is 0. The van der Waals surface area contributed by atoms with Crippen LogP contribution in [0.2, 0.25) is 0 Å². The maximum Gasteiger partial charge on any atom is 0.0461 e. The fourth-order valence-electron chi connectivity index (χ4n) is 2.29. The van der Waals surface area contributed by atoms with E-state index in [2.05, 4.69) is 84.7 Å². The zero-order chi connectivity index (χ0) is 15.8. The average molecular weight is 289 g/mol. The van der Waals surface area contributed by atoms with E-state index in [4.69, 9.17) is 0 Å². The van der Waals surface area contributed by atoms with E-state index in [1.54, 1.807) is 0 Å². The van der Waals surface area contributed by atoms with E-state index in [1.807, 2.05) is 26.0 Å². The summed E-state index contributed by atoms with van der Waals surface area (Å²) in [6, 6.07) is 19.1. The second kappa shape index (κ2) is 8.04. The Morgan fingerprint density at radius 3 is 2.05 bits per heavy atom. The minimum atomic E-state index is 1.13. The fourth-order valence-corrected chi connectivity index (χ4v) is 2.29. The summed E-state index contributed by atoms with van der Waals surface area (Å²) >= 11 is 0. The third-order valence-corrected chi connectivity index (χ3v) is 3.36. The molecule has 2 aromatic carbocycles. The molecular formula is C21H23N. The van der Waals surface area contributed by atoms with E-state index in [9.17, 15) is 0 Å². The predicted octanol–water partition coefficient (Wildman–Crippen LogP) is 6.17. The van der Waals surface area contributed by atoms with Crippen molar-refractivity contribution in [2.24, 2.45) is 0 Å². The molecule has 2 aromatic rings. The number of anilines is 2. The predicted molar refractivity (Wildman–Crippen MR) is 97.5 cm³/mol. The Bertz CT molecular complexity index is 661. The molecule has 1 heteroatoms. The van der Waals surface area contributed by atoms with Crippen LogP contribution in [0, 0.1) is 6.92 Å². The van der Waals surface area contributed by atoms with Gasteiger partial charge in [-0.15, -0.1) is 0 Å². The lowest BCUT2D eigenvalue weighted by molar-refractivity contribution is 1.20. The van der Waals surface area contributed by atoms with Crippen LogP contribution in [0.5, 0.6) is 0 Å². The van der Waals surface area contributed by atoms with Gasteiger partial charge in [0.2, 0.25) is 0 Å². The van der Waals surface area contributed by atoms with Crippen LogP contribution < -0.4 is 4.90 Å². The van der Waals surface area contributed by atoms with Crippen molar-refractivity contribution in [2.45, 2.75) is 20.8 Å². The highest BCUT2D eigenvalue weighted by atomic mass is 15.1. The van der Waals surface area contributed by atoms with Crippen molar-refractivity contribution in [1.82, 2.24) is 0 Å². The maximum absolute atomic E-state index is 2.26. The van der Waals surface area contributed by atoms with Crippen molar-refractivity contribution in [2.75, 3.05) is 4.90 Å². The Morgan fingerprint density at radius 1 is 0.818 bits per heavy atom. The maximum atomic E-state index is 2.26. The van der Waals surface area contributed by atoms with Crippen LogP contribution in [0.4, 0.5) is 11.4 Å². The van der Waals surface area contributed by atoms with Gasteiger partial charge in [0.25, 0.3) is 0 Å². The Kier molecular flexibility index (Phi) is 5.79. The lowest BCUT2D eigenvalue weighted by Crippen LogP contribution is -2.15. The summed E-state index contributed by atoms with van der Waals surface area (Å²) in [7, 11) is 0. The van der Waals surface area contributed by atoms with Crippen LogP contribution >= 0.6 is 0 Å². The number of rotatable bonds is 5. The number of aryl methyl sites for hydroxylation is 1. The molecule has 2 rings (SSSR count). The summed E-state index contributed by atoms with van der Waals surface area (Å²) in [5.74, 6) is 0. The summed E-state index contributed by atoms with van der Waals surface area (Å²) in [6.07, 6.45) is 10.4. The molecule has 0 aromatic heterocycles. The van der Waals surface area contributed by atoms with Gasteiger partial charge in [-0.05, 0) is 57.2 Å². The Morgan fingerprint density at radius 2 is 1.45 bits per heavy atom. The molecular weight excluding hydrogens is 266 g/mol. The summed E-state index contributed by atoms with van der Waals surface area (Å²) in [6.45, 7) is 6.18. The Hall–Kier alpha value is -2.54. The van der Waals surface area contributed by atoms with Crippen LogP contribution in [-0.2, 0) is 0 Å². The average Bonchev–Trinajstić information content (AvgIpc) is 2.55. The minimum Gasteiger partial charge on any atom is -0.311 e. The molecule has 0 bridgehead atoms. The van der Waals surface area contributed by atoms with Crippen LogP contribution in [-0.4, -0.2) is 0 Å². The molecule has 1 nitrogen and oxygen atoms in total. The first-order valence-electron chi connectivity index (χ1n) is 7.63. The lowest BCUT2D eigenvalue weighted by Gasteiger charge is -2.26. The smallest absolute Gasteiger partial charge is 0.0461 e. The van der Waals surface area contributed by atoms with Gasteiger partial charge in [0.15, 0.2) is 0 Å². The van der Waals surface area contributed by atoms with Crippen molar-refractivity contribution in [3.63, 3.8) is 0 Å². The van der Waals surface area contributed by atoms with Crippen molar-refractivity contribution in [1.29, 1.82) is 0 Å². The van der Waals surface area contributed by atoms with Gasteiger partial charge in [-0.25, -0.2) is 0 Å². The second-order valence-corrected chi connectivity index (χ2v) is 5.12. The molecule has 22 heavy (non-hydrogen) atoms. The van der Waals surface area contributed by atoms with Gasteiger partial charge in [0.1, 0.15) is 0 Å². The molecule has 0 radical (unpaired) electrons. The highest BCUT2D eigenvalue weighted by molar-refractivity contribution is 5.70. The van der Waals surface area contributed by atoms with E-state index < -0.39 is 0 Å².